The predicted molar refractivity (Wildman–Crippen MR) is 58.6 cm³/mol. The van der Waals surface area contributed by atoms with Crippen LogP contribution in [0.2, 0.25) is 0 Å². The molecular weight excluding hydrogens is 198 g/mol. The number of hydrogen-bond acceptors (Lipinski definition) is 3. The topological polar surface area (TPSA) is 46.9 Å². The molecule has 0 unspecified atom stereocenters. The third kappa shape index (κ3) is 1.92. The molecule has 0 atom stereocenters. The highest BCUT2D eigenvalue weighted by Crippen LogP contribution is 2.26. The summed E-state index contributed by atoms with van der Waals surface area (Å²) in [6.07, 6.45) is 1.68. The Labute approximate surface area is 89.1 Å². The van der Waals surface area contributed by atoms with E-state index in [4.69, 9.17) is 0 Å². The molecule has 1 aromatic rings. The molecule has 0 saturated carbocycles. The van der Waals surface area contributed by atoms with Crippen molar-refractivity contribution in [2.24, 2.45) is 7.05 Å². The molecule has 1 heterocycles. The lowest BCUT2D eigenvalue weighted by Gasteiger charge is -2.18. The third-order valence-electron chi connectivity index (χ3n) is 2.05. The Hall–Kier alpha value is -0.970. The van der Waals surface area contributed by atoms with Gasteiger partial charge in [0.15, 0.2) is 5.82 Å². The van der Waals surface area contributed by atoms with Gasteiger partial charge in [-0.15, -0.1) is 0 Å². The summed E-state index contributed by atoms with van der Waals surface area (Å²) in [5.74, 6) is 0.223. The van der Waals surface area contributed by atoms with Crippen molar-refractivity contribution in [3.63, 3.8) is 0 Å². The van der Waals surface area contributed by atoms with E-state index >= 15 is 0 Å². The van der Waals surface area contributed by atoms with Gasteiger partial charge in [-0.3, -0.25) is 4.79 Å². The molecule has 1 amide bonds. The highest BCUT2D eigenvalue weighted by atomic mass is 32.1. The molecule has 4 nitrogen and oxygen atoms in total. The summed E-state index contributed by atoms with van der Waals surface area (Å²) < 4.78 is 1.46. The molecule has 5 heteroatoms. The number of carbonyl (C=O) groups is 1. The molecule has 0 bridgehead atoms. The number of hydrogen-bond donors (Lipinski definition) is 2. The van der Waals surface area contributed by atoms with Gasteiger partial charge in [-0.05, 0) is 13.8 Å². The largest absolute Gasteiger partial charge is 0.352 e. The van der Waals surface area contributed by atoms with Crippen molar-refractivity contribution in [1.29, 1.82) is 0 Å². The summed E-state index contributed by atoms with van der Waals surface area (Å²) >= 11 is 4.43. The van der Waals surface area contributed by atoms with E-state index < -0.39 is 0 Å². The van der Waals surface area contributed by atoms with Gasteiger partial charge in [0.2, 0.25) is 0 Å². The zero-order valence-corrected chi connectivity index (χ0v) is 9.72. The van der Waals surface area contributed by atoms with Crippen LogP contribution >= 0.6 is 12.6 Å². The van der Waals surface area contributed by atoms with Gasteiger partial charge in [0.05, 0.1) is 11.9 Å². The number of carbonyl (C=O) groups excluding carboxylic acids is 1. The smallest absolute Gasteiger partial charge is 0.287 e. The van der Waals surface area contributed by atoms with E-state index in [0.717, 1.165) is 5.69 Å². The highest BCUT2D eigenvalue weighted by Gasteiger charge is 2.22. The molecule has 1 N–H and O–H groups in total. The fourth-order valence-corrected chi connectivity index (χ4v) is 1.51. The average Bonchev–Trinajstić information content (AvgIpc) is 2.45. The summed E-state index contributed by atoms with van der Waals surface area (Å²) in [6, 6.07) is 0. The SMILES string of the molecule is CNC(=O)c1ncc(C(C)(C)S)n1C. The lowest BCUT2D eigenvalue weighted by molar-refractivity contribution is 0.0949. The van der Waals surface area contributed by atoms with E-state index in [1.807, 2.05) is 20.9 Å². The molecule has 0 aliphatic carbocycles. The normalized spacial score (nSPS) is 11.5. The third-order valence-corrected chi connectivity index (χ3v) is 2.27. The molecule has 0 aliphatic heterocycles. The fourth-order valence-electron chi connectivity index (χ4n) is 1.30. The van der Waals surface area contributed by atoms with Crippen molar-refractivity contribution in [2.45, 2.75) is 18.6 Å². The summed E-state index contributed by atoms with van der Waals surface area (Å²) in [7, 11) is 3.40. The van der Waals surface area contributed by atoms with Crippen LogP contribution in [0.5, 0.6) is 0 Å². The van der Waals surface area contributed by atoms with Gasteiger partial charge in [0, 0.05) is 18.8 Å². The molecule has 0 aliphatic rings. The molecule has 1 aromatic heterocycles. The van der Waals surface area contributed by atoms with E-state index in [1.165, 1.54) is 0 Å². The second-order valence-corrected chi connectivity index (χ2v) is 4.78. The van der Waals surface area contributed by atoms with Gasteiger partial charge in [0.25, 0.3) is 5.91 Å². The number of imidazole rings is 1. The maximum atomic E-state index is 11.4. The van der Waals surface area contributed by atoms with Gasteiger partial charge in [-0.1, -0.05) is 0 Å². The average molecular weight is 213 g/mol. The van der Waals surface area contributed by atoms with Crippen LogP contribution in [0.4, 0.5) is 0 Å². The monoisotopic (exact) mass is 213 g/mol. The lowest BCUT2D eigenvalue weighted by atomic mass is 10.1. The van der Waals surface area contributed by atoms with Crippen LogP contribution in [-0.2, 0) is 11.8 Å². The van der Waals surface area contributed by atoms with E-state index in [-0.39, 0.29) is 10.7 Å². The summed E-state index contributed by atoms with van der Waals surface area (Å²) in [4.78, 5) is 15.4. The quantitative estimate of drug-likeness (QED) is 0.718. The Kier molecular flexibility index (Phi) is 2.89. The molecular formula is C9H15N3OS. The van der Waals surface area contributed by atoms with Crippen molar-refractivity contribution in [3.05, 3.63) is 17.7 Å². The first-order chi connectivity index (χ1) is 6.38. The number of nitrogens with one attached hydrogen (secondary N) is 1. The fraction of sp³-hybridized carbons (Fsp3) is 0.556. The molecule has 14 heavy (non-hydrogen) atoms. The molecule has 0 fully saturated rings. The Morgan fingerprint density at radius 3 is 2.57 bits per heavy atom. The van der Waals surface area contributed by atoms with Crippen molar-refractivity contribution >= 4 is 18.5 Å². The number of amides is 1. The maximum absolute atomic E-state index is 11.4. The van der Waals surface area contributed by atoms with E-state index in [1.54, 1.807) is 17.8 Å². The van der Waals surface area contributed by atoms with Gasteiger partial charge in [-0.2, -0.15) is 12.6 Å². The second-order valence-electron chi connectivity index (χ2n) is 3.66. The van der Waals surface area contributed by atoms with Crippen LogP contribution in [-0.4, -0.2) is 22.5 Å². The minimum atomic E-state index is -0.298. The first-order valence-electron chi connectivity index (χ1n) is 4.34. The molecule has 0 spiro atoms. The molecule has 0 radical (unpaired) electrons. The Morgan fingerprint density at radius 1 is 1.64 bits per heavy atom. The minimum absolute atomic E-state index is 0.184. The number of nitrogens with zero attached hydrogens (tertiary/aromatic N) is 2. The number of rotatable bonds is 2. The highest BCUT2D eigenvalue weighted by molar-refractivity contribution is 7.81. The van der Waals surface area contributed by atoms with Crippen molar-refractivity contribution in [1.82, 2.24) is 14.9 Å². The van der Waals surface area contributed by atoms with Crippen LogP contribution in [0.3, 0.4) is 0 Å². The summed E-state index contributed by atoms with van der Waals surface area (Å²) in [6.45, 7) is 3.92. The van der Waals surface area contributed by atoms with Gasteiger partial charge >= 0.3 is 0 Å². The van der Waals surface area contributed by atoms with Crippen LogP contribution in [0.25, 0.3) is 0 Å². The summed E-state index contributed by atoms with van der Waals surface area (Å²) in [5.41, 5.74) is 0.916. The molecule has 1 rings (SSSR count). The zero-order chi connectivity index (χ0) is 10.9. The van der Waals surface area contributed by atoms with Crippen molar-refractivity contribution in [2.75, 3.05) is 7.05 Å². The predicted octanol–water partition coefficient (Wildman–Crippen LogP) is 0.945. The van der Waals surface area contributed by atoms with Crippen LogP contribution in [0, 0.1) is 0 Å². The zero-order valence-electron chi connectivity index (χ0n) is 8.83. The summed E-state index contributed by atoms with van der Waals surface area (Å²) in [5, 5.41) is 2.54. The van der Waals surface area contributed by atoms with E-state index in [0.29, 0.717) is 5.82 Å². The van der Waals surface area contributed by atoms with E-state index in [9.17, 15) is 4.79 Å². The van der Waals surface area contributed by atoms with Gasteiger partial charge in [-0.25, -0.2) is 4.98 Å². The lowest BCUT2D eigenvalue weighted by Crippen LogP contribution is -2.23. The molecule has 0 saturated heterocycles. The number of thiol groups is 1. The number of aromatic nitrogens is 2. The Balaban J connectivity index is 3.15. The van der Waals surface area contributed by atoms with Crippen molar-refractivity contribution in [3.8, 4) is 0 Å². The van der Waals surface area contributed by atoms with Crippen molar-refractivity contribution < 1.29 is 4.79 Å². The first kappa shape index (κ1) is 11.1. The van der Waals surface area contributed by atoms with Gasteiger partial charge < -0.3 is 9.88 Å². The molecule has 0 aromatic carbocycles. The van der Waals surface area contributed by atoms with Gasteiger partial charge in [0.1, 0.15) is 0 Å². The van der Waals surface area contributed by atoms with Crippen LogP contribution < -0.4 is 5.32 Å². The second kappa shape index (κ2) is 3.65. The standard InChI is InChI=1S/C9H15N3OS/c1-9(2,14)6-5-11-7(12(6)4)8(13)10-3/h5,14H,1-4H3,(H,10,13). The first-order valence-corrected chi connectivity index (χ1v) is 4.79. The van der Waals surface area contributed by atoms with E-state index in [2.05, 4.69) is 22.9 Å². The maximum Gasteiger partial charge on any atom is 0.287 e. The van der Waals surface area contributed by atoms with Crippen LogP contribution in [0.1, 0.15) is 30.2 Å². The Bertz CT molecular complexity index is 351. The minimum Gasteiger partial charge on any atom is -0.352 e. The molecule has 78 valence electrons. The Morgan fingerprint density at radius 2 is 2.21 bits per heavy atom. The van der Waals surface area contributed by atoms with Crippen LogP contribution in [0.15, 0.2) is 6.20 Å².